The first kappa shape index (κ1) is 16.7. The molecule has 10 heteroatoms. The van der Waals surface area contributed by atoms with E-state index >= 15 is 0 Å². The summed E-state index contributed by atoms with van der Waals surface area (Å²) in [4.78, 5) is 4.02. The number of halogens is 1. The number of hydrogen-bond acceptors (Lipinski definition) is 5. The molecule has 1 aliphatic rings. The van der Waals surface area contributed by atoms with Gasteiger partial charge in [-0.2, -0.15) is 0 Å². The summed E-state index contributed by atoms with van der Waals surface area (Å²) in [5, 5.41) is -0.870. The molecule has 2 unspecified atom stereocenters. The van der Waals surface area contributed by atoms with Gasteiger partial charge in [-0.1, -0.05) is 6.92 Å². The molecule has 1 N–H and O–H groups in total. The van der Waals surface area contributed by atoms with E-state index in [1.54, 1.807) is 11.5 Å². The van der Waals surface area contributed by atoms with Crippen LogP contribution in [0.4, 0.5) is 0 Å². The smallest absolute Gasteiger partial charge is 0.259 e. The van der Waals surface area contributed by atoms with E-state index in [2.05, 4.69) is 9.71 Å². The van der Waals surface area contributed by atoms with Crippen LogP contribution >= 0.6 is 11.6 Å². The number of hydrogen-bond donors (Lipinski definition) is 1. The van der Waals surface area contributed by atoms with Crippen LogP contribution in [-0.4, -0.2) is 49.3 Å². The molecule has 0 aliphatic carbocycles. The van der Waals surface area contributed by atoms with E-state index in [0.29, 0.717) is 12.4 Å². The van der Waals surface area contributed by atoms with E-state index in [-0.39, 0.29) is 16.5 Å². The second-order valence-corrected chi connectivity index (χ2v) is 9.52. The number of aromatic nitrogens is 2. The first-order valence-electron chi connectivity index (χ1n) is 6.55. The van der Waals surface area contributed by atoms with Gasteiger partial charge in [0, 0.05) is 12.7 Å². The highest BCUT2D eigenvalue weighted by Crippen LogP contribution is 2.20. The first-order valence-corrected chi connectivity index (χ1v) is 10.3. The van der Waals surface area contributed by atoms with Crippen molar-refractivity contribution in [3.8, 4) is 0 Å². The van der Waals surface area contributed by atoms with Crippen LogP contribution < -0.4 is 4.72 Å². The van der Waals surface area contributed by atoms with Crippen molar-refractivity contribution in [3.63, 3.8) is 0 Å². The minimum atomic E-state index is -3.88. The Labute approximate surface area is 129 Å². The van der Waals surface area contributed by atoms with Gasteiger partial charge in [0.15, 0.2) is 14.9 Å². The zero-order valence-electron chi connectivity index (χ0n) is 11.8. The zero-order valence-corrected chi connectivity index (χ0v) is 14.2. The summed E-state index contributed by atoms with van der Waals surface area (Å²) >= 11 is 5.91. The third-order valence-corrected chi connectivity index (χ3v) is 7.02. The maximum absolute atomic E-state index is 12.3. The average Bonchev–Trinajstić information content (AvgIpc) is 2.81. The van der Waals surface area contributed by atoms with Gasteiger partial charge in [0.2, 0.25) is 0 Å². The fourth-order valence-electron chi connectivity index (χ4n) is 2.25. The van der Waals surface area contributed by atoms with E-state index in [9.17, 15) is 16.8 Å². The van der Waals surface area contributed by atoms with Crippen LogP contribution in [0.5, 0.6) is 0 Å². The summed E-state index contributed by atoms with van der Waals surface area (Å²) < 4.78 is 51.6. The summed E-state index contributed by atoms with van der Waals surface area (Å²) in [6.45, 7) is 4.37. The summed E-state index contributed by atoms with van der Waals surface area (Å²) in [5.41, 5.74) is 0. The van der Waals surface area contributed by atoms with Gasteiger partial charge >= 0.3 is 0 Å². The summed E-state index contributed by atoms with van der Waals surface area (Å²) in [5.74, 6) is 0.0961. The van der Waals surface area contributed by atoms with Gasteiger partial charge in [-0.15, -0.1) is 11.6 Å². The molecule has 2 rings (SSSR count). The van der Waals surface area contributed by atoms with Gasteiger partial charge in [-0.3, -0.25) is 0 Å². The zero-order chi connectivity index (χ0) is 15.8. The maximum atomic E-state index is 12.3. The van der Waals surface area contributed by atoms with Crippen molar-refractivity contribution < 1.29 is 16.8 Å². The highest BCUT2D eigenvalue weighted by molar-refractivity contribution is 7.92. The van der Waals surface area contributed by atoms with Crippen molar-refractivity contribution in [3.05, 3.63) is 12.0 Å². The second-order valence-electron chi connectivity index (χ2n) is 5.14. The van der Waals surface area contributed by atoms with E-state index in [1.807, 2.05) is 6.92 Å². The van der Waals surface area contributed by atoms with E-state index in [1.165, 1.54) is 6.20 Å². The van der Waals surface area contributed by atoms with Crippen molar-refractivity contribution in [1.29, 1.82) is 0 Å². The second kappa shape index (κ2) is 5.86. The van der Waals surface area contributed by atoms with Crippen LogP contribution in [0.2, 0.25) is 0 Å². The lowest BCUT2D eigenvalue weighted by molar-refractivity contribution is 0.560. The predicted molar refractivity (Wildman–Crippen MR) is 79.7 cm³/mol. The van der Waals surface area contributed by atoms with Crippen LogP contribution in [0.15, 0.2) is 11.2 Å². The lowest BCUT2D eigenvalue weighted by Gasteiger charge is -2.13. The summed E-state index contributed by atoms with van der Waals surface area (Å²) in [6.07, 6.45) is 2.31. The SMILES string of the molecule is CCCn1cc(S(=O)(=O)NC2CS(=O)(=O)CC2Cl)nc1C. The van der Waals surface area contributed by atoms with Gasteiger partial charge in [0.05, 0.1) is 22.9 Å². The minimum Gasteiger partial charge on any atom is -0.334 e. The Morgan fingerprint density at radius 2 is 2.14 bits per heavy atom. The van der Waals surface area contributed by atoms with E-state index in [4.69, 9.17) is 11.6 Å². The fourth-order valence-corrected chi connectivity index (χ4v) is 6.26. The summed E-state index contributed by atoms with van der Waals surface area (Å²) in [6, 6.07) is -0.821. The number of rotatable bonds is 5. The average molecular weight is 356 g/mol. The Kier molecular flexibility index (Phi) is 4.67. The molecule has 0 amide bonds. The number of imidazole rings is 1. The lowest BCUT2D eigenvalue weighted by atomic mass is 10.3. The number of alkyl halides is 1. The summed E-state index contributed by atoms with van der Waals surface area (Å²) in [7, 11) is -7.17. The van der Waals surface area contributed by atoms with Gasteiger partial charge in [-0.05, 0) is 13.3 Å². The molecule has 1 saturated heterocycles. The predicted octanol–water partition coefficient (Wildman–Crippen LogP) is 0.284. The lowest BCUT2D eigenvalue weighted by Crippen LogP contribution is -2.40. The number of nitrogens with one attached hydrogen (secondary N) is 1. The first-order chi connectivity index (χ1) is 9.64. The van der Waals surface area contributed by atoms with Crippen molar-refractivity contribution in [2.24, 2.45) is 0 Å². The van der Waals surface area contributed by atoms with Gasteiger partial charge in [0.25, 0.3) is 10.0 Å². The van der Waals surface area contributed by atoms with Crippen LogP contribution in [0.1, 0.15) is 19.2 Å². The third-order valence-electron chi connectivity index (χ3n) is 3.28. The Balaban J connectivity index is 2.21. The number of aryl methyl sites for hydroxylation is 2. The van der Waals surface area contributed by atoms with Crippen molar-refractivity contribution in [2.75, 3.05) is 11.5 Å². The number of nitrogens with zero attached hydrogens (tertiary/aromatic N) is 2. The van der Waals surface area contributed by atoms with Crippen molar-refractivity contribution in [2.45, 2.75) is 43.3 Å². The Morgan fingerprint density at radius 3 is 2.67 bits per heavy atom. The quantitative estimate of drug-likeness (QED) is 0.765. The Morgan fingerprint density at radius 1 is 1.48 bits per heavy atom. The largest absolute Gasteiger partial charge is 0.334 e. The molecule has 2 atom stereocenters. The van der Waals surface area contributed by atoms with Crippen LogP contribution in [0, 0.1) is 6.92 Å². The molecule has 0 radical (unpaired) electrons. The standard InChI is InChI=1S/C11H18ClN3O4S2/c1-3-4-15-5-11(13-8(15)2)21(18,19)14-10-7-20(16,17)6-9(10)12/h5,9-10,14H,3-4,6-7H2,1-2H3. The molecule has 2 heterocycles. The minimum absolute atomic E-state index is 0.110. The topological polar surface area (TPSA) is 98.1 Å². The third kappa shape index (κ3) is 3.77. The van der Waals surface area contributed by atoms with Crippen LogP contribution in [0.25, 0.3) is 0 Å². The van der Waals surface area contributed by atoms with Gasteiger partial charge < -0.3 is 4.57 Å². The van der Waals surface area contributed by atoms with Gasteiger partial charge in [-0.25, -0.2) is 26.5 Å². The van der Waals surface area contributed by atoms with Gasteiger partial charge in [0.1, 0.15) is 5.82 Å². The molecular weight excluding hydrogens is 338 g/mol. The molecule has 0 saturated carbocycles. The highest BCUT2D eigenvalue weighted by atomic mass is 35.5. The number of sulfone groups is 1. The molecule has 1 aromatic heterocycles. The highest BCUT2D eigenvalue weighted by Gasteiger charge is 2.39. The molecule has 1 fully saturated rings. The Hall–Kier alpha value is -0.640. The van der Waals surface area contributed by atoms with Crippen LogP contribution in [0.3, 0.4) is 0 Å². The van der Waals surface area contributed by atoms with Crippen molar-refractivity contribution >= 4 is 31.5 Å². The molecule has 1 aliphatic heterocycles. The molecule has 7 nitrogen and oxygen atoms in total. The fraction of sp³-hybridized carbons (Fsp3) is 0.727. The van der Waals surface area contributed by atoms with E-state index in [0.717, 1.165) is 6.42 Å². The molecule has 0 spiro atoms. The molecule has 0 bridgehead atoms. The van der Waals surface area contributed by atoms with E-state index < -0.39 is 31.3 Å². The van der Waals surface area contributed by atoms with Crippen LogP contribution in [-0.2, 0) is 26.4 Å². The van der Waals surface area contributed by atoms with Crippen molar-refractivity contribution in [1.82, 2.24) is 14.3 Å². The number of sulfonamides is 1. The molecule has 0 aromatic carbocycles. The molecule has 120 valence electrons. The molecule has 1 aromatic rings. The molecular formula is C11H18ClN3O4S2. The maximum Gasteiger partial charge on any atom is 0.259 e. The normalized spacial score (nSPS) is 25.3. The Bertz CT molecular complexity index is 727. The molecule has 21 heavy (non-hydrogen) atoms. The monoisotopic (exact) mass is 355 g/mol.